The van der Waals surface area contributed by atoms with Crippen LogP contribution in [0.4, 0.5) is 5.69 Å². The summed E-state index contributed by atoms with van der Waals surface area (Å²) in [6, 6.07) is 8.03. The minimum atomic E-state index is -0.271. The molecule has 0 saturated carbocycles. The first kappa shape index (κ1) is 17.5. The number of nitrogens with zero attached hydrogens (tertiary/aromatic N) is 1. The lowest BCUT2D eigenvalue weighted by molar-refractivity contribution is -0.112. The standard InChI is InChI=1S/C17H23ClN4O/c1-19-12-16(21-10-8-18)17(23)22-15-6-4-13(5-7-15)14-3-2-9-20-11-14/h4-7,10,12,14,19-20H,2-3,8-9,11H2,1H3,(H,22,23)/b16-12-,21-10-/t14-/m1/s1. The zero-order chi connectivity index (χ0) is 16.5. The molecule has 0 spiro atoms. The van der Waals surface area contributed by atoms with E-state index in [0.717, 1.165) is 18.8 Å². The number of nitrogens with one attached hydrogen (secondary N) is 3. The highest BCUT2D eigenvalue weighted by Gasteiger charge is 2.15. The zero-order valence-corrected chi connectivity index (χ0v) is 14.1. The van der Waals surface area contributed by atoms with Gasteiger partial charge in [-0.15, -0.1) is 11.6 Å². The molecule has 0 radical (unpaired) electrons. The molecule has 1 aromatic rings. The Morgan fingerprint density at radius 2 is 2.22 bits per heavy atom. The van der Waals surface area contributed by atoms with Crippen LogP contribution >= 0.6 is 11.6 Å². The number of hydrogen-bond donors (Lipinski definition) is 3. The highest BCUT2D eigenvalue weighted by molar-refractivity contribution is 6.25. The van der Waals surface area contributed by atoms with Gasteiger partial charge in [0.2, 0.25) is 0 Å². The Bertz CT molecular complexity index is 562. The number of alkyl halides is 1. The normalized spacial score (nSPS) is 18.9. The van der Waals surface area contributed by atoms with Gasteiger partial charge < -0.3 is 16.0 Å². The predicted molar refractivity (Wildman–Crippen MR) is 96.3 cm³/mol. The summed E-state index contributed by atoms with van der Waals surface area (Å²) in [4.78, 5) is 16.2. The summed E-state index contributed by atoms with van der Waals surface area (Å²) in [6.07, 6.45) is 5.45. The Kier molecular flexibility index (Phi) is 7.10. The Morgan fingerprint density at radius 3 is 2.83 bits per heavy atom. The number of halogens is 1. The van der Waals surface area contributed by atoms with Crippen LogP contribution in [0.3, 0.4) is 0 Å². The fourth-order valence-electron chi connectivity index (χ4n) is 2.60. The molecule has 5 nitrogen and oxygen atoms in total. The first-order chi connectivity index (χ1) is 11.2. The third-order valence-corrected chi connectivity index (χ3v) is 3.89. The molecule has 1 saturated heterocycles. The van der Waals surface area contributed by atoms with Crippen LogP contribution in [0.2, 0.25) is 0 Å². The number of anilines is 1. The van der Waals surface area contributed by atoms with Crippen molar-refractivity contribution in [1.29, 1.82) is 0 Å². The van der Waals surface area contributed by atoms with E-state index in [1.165, 1.54) is 24.6 Å². The second kappa shape index (κ2) is 9.33. The molecule has 6 heteroatoms. The fourth-order valence-corrected chi connectivity index (χ4v) is 2.67. The second-order valence-electron chi connectivity index (χ2n) is 5.40. The Balaban J connectivity index is 2.00. The Hall–Kier alpha value is -1.85. The quantitative estimate of drug-likeness (QED) is 0.425. The number of amides is 1. The summed E-state index contributed by atoms with van der Waals surface area (Å²) in [5.74, 6) is 0.549. The molecule has 2 rings (SSSR count). The first-order valence-corrected chi connectivity index (χ1v) is 8.36. The lowest BCUT2D eigenvalue weighted by Crippen LogP contribution is -2.28. The minimum Gasteiger partial charge on any atom is -0.392 e. The molecule has 1 aromatic carbocycles. The van der Waals surface area contributed by atoms with Crippen LogP contribution in [0.15, 0.2) is 41.2 Å². The van der Waals surface area contributed by atoms with E-state index in [0.29, 0.717) is 5.92 Å². The molecule has 1 heterocycles. The van der Waals surface area contributed by atoms with E-state index in [1.807, 2.05) is 12.1 Å². The summed E-state index contributed by atoms with van der Waals surface area (Å²) in [7, 11) is 1.72. The maximum absolute atomic E-state index is 12.2. The molecule has 0 aliphatic carbocycles. The summed E-state index contributed by atoms with van der Waals surface area (Å²) in [5, 5.41) is 9.07. The smallest absolute Gasteiger partial charge is 0.275 e. The molecule has 1 aliphatic heterocycles. The van der Waals surface area contributed by atoms with E-state index in [-0.39, 0.29) is 17.5 Å². The summed E-state index contributed by atoms with van der Waals surface area (Å²) >= 11 is 5.57. The molecule has 3 N–H and O–H groups in total. The summed E-state index contributed by atoms with van der Waals surface area (Å²) < 4.78 is 0. The molecule has 1 aliphatic rings. The SMILES string of the molecule is CN/C=C(\N=C/CCl)C(=O)Nc1ccc([C@@H]2CCCNC2)cc1. The number of carbonyl (C=O) groups excluding carboxylic acids is 1. The minimum absolute atomic E-state index is 0.262. The van der Waals surface area contributed by atoms with Gasteiger partial charge in [0.05, 0.1) is 5.88 Å². The molecule has 124 valence electrons. The van der Waals surface area contributed by atoms with Crippen molar-refractivity contribution in [2.24, 2.45) is 4.99 Å². The topological polar surface area (TPSA) is 65.5 Å². The molecule has 0 bridgehead atoms. The molecule has 1 atom stereocenters. The van der Waals surface area contributed by atoms with Crippen LogP contribution in [-0.4, -0.2) is 38.1 Å². The van der Waals surface area contributed by atoms with E-state index in [1.54, 1.807) is 13.2 Å². The van der Waals surface area contributed by atoms with E-state index < -0.39 is 0 Å². The molecule has 1 amide bonds. The van der Waals surface area contributed by atoms with Crippen LogP contribution in [0.5, 0.6) is 0 Å². The Morgan fingerprint density at radius 1 is 1.43 bits per heavy atom. The van der Waals surface area contributed by atoms with Gasteiger partial charge in [0, 0.05) is 31.7 Å². The van der Waals surface area contributed by atoms with Gasteiger partial charge >= 0.3 is 0 Å². The molecule has 0 unspecified atom stereocenters. The number of hydrogen-bond acceptors (Lipinski definition) is 4. The van der Waals surface area contributed by atoms with E-state index >= 15 is 0 Å². The third kappa shape index (κ3) is 5.37. The highest BCUT2D eigenvalue weighted by atomic mass is 35.5. The maximum atomic E-state index is 12.2. The molecule has 1 fully saturated rings. The van der Waals surface area contributed by atoms with Gasteiger partial charge in [-0.25, -0.2) is 0 Å². The zero-order valence-electron chi connectivity index (χ0n) is 13.3. The van der Waals surface area contributed by atoms with Gasteiger partial charge in [-0.05, 0) is 43.0 Å². The van der Waals surface area contributed by atoms with Crippen molar-refractivity contribution in [1.82, 2.24) is 10.6 Å². The third-order valence-electron chi connectivity index (χ3n) is 3.75. The van der Waals surface area contributed by atoms with Gasteiger partial charge in [0.1, 0.15) is 5.70 Å². The molecule has 23 heavy (non-hydrogen) atoms. The van der Waals surface area contributed by atoms with Crippen molar-refractivity contribution >= 4 is 29.4 Å². The first-order valence-electron chi connectivity index (χ1n) is 7.82. The average Bonchev–Trinajstić information content (AvgIpc) is 2.60. The maximum Gasteiger partial charge on any atom is 0.275 e. The van der Waals surface area contributed by atoms with Gasteiger partial charge in [0.15, 0.2) is 0 Å². The van der Waals surface area contributed by atoms with Crippen LogP contribution < -0.4 is 16.0 Å². The van der Waals surface area contributed by atoms with Crippen molar-refractivity contribution in [3.05, 3.63) is 41.7 Å². The monoisotopic (exact) mass is 334 g/mol. The van der Waals surface area contributed by atoms with Crippen molar-refractivity contribution in [2.45, 2.75) is 18.8 Å². The number of aliphatic imine (C=N–C) groups is 1. The van der Waals surface area contributed by atoms with Gasteiger partial charge in [-0.2, -0.15) is 0 Å². The van der Waals surface area contributed by atoms with Crippen LogP contribution in [0.1, 0.15) is 24.3 Å². The predicted octanol–water partition coefficient (Wildman–Crippen LogP) is 2.46. The average molecular weight is 335 g/mol. The number of carbonyl (C=O) groups is 1. The second-order valence-corrected chi connectivity index (χ2v) is 5.71. The van der Waals surface area contributed by atoms with Gasteiger partial charge in [-0.1, -0.05) is 12.1 Å². The van der Waals surface area contributed by atoms with Crippen molar-refractivity contribution < 1.29 is 4.79 Å². The lowest BCUT2D eigenvalue weighted by atomic mass is 9.92. The van der Waals surface area contributed by atoms with Crippen LogP contribution in [-0.2, 0) is 4.79 Å². The van der Waals surface area contributed by atoms with Gasteiger partial charge in [0.25, 0.3) is 5.91 Å². The number of rotatable bonds is 6. The highest BCUT2D eigenvalue weighted by Crippen LogP contribution is 2.24. The van der Waals surface area contributed by atoms with E-state index in [2.05, 4.69) is 33.1 Å². The molecule has 0 aromatic heterocycles. The van der Waals surface area contributed by atoms with Crippen molar-refractivity contribution in [3.8, 4) is 0 Å². The van der Waals surface area contributed by atoms with Crippen molar-refractivity contribution in [2.75, 3.05) is 31.3 Å². The fraction of sp³-hybridized carbons (Fsp3) is 0.412. The van der Waals surface area contributed by atoms with Crippen LogP contribution in [0.25, 0.3) is 0 Å². The van der Waals surface area contributed by atoms with Gasteiger partial charge in [-0.3, -0.25) is 9.79 Å². The largest absolute Gasteiger partial charge is 0.392 e. The number of benzene rings is 1. The lowest BCUT2D eigenvalue weighted by Gasteiger charge is -2.23. The molecular formula is C17H23ClN4O. The molecular weight excluding hydrogens is 312 g/mol. The summed E-state index contributed by atoms with van der Waals surface area (Å²) in [5.41, 5.74) is 2.35. The van der Waals surface area contributed by atoms with Crippen LogP contribution in [0, 0.1) is 0 Å². The number of piperidine rings is 1. The van der Waals surface area contributed by atoms with E-state index in [9.17, 15) is 4.79 Å². The summed E-state index contributed by atoms with van der Waals surface area (Å²) in [6.45, 7) is 2.13. The van der Waals surface area contributed by atoms with Crippen molar-refractivity contribution in [3.63, 3.8) is 0 Å². The Labute approximate surface area is 142 Å². The van der Waals surface area contributed by atoms with E-state index in [4.69, 9.17) is 11.6 Å².